The van der Waals surface area contributed by atoms with Gasteiger partial charge in [-0.2, -0.15) is 0 Å². The van der Waals surface area contributed by atoms with Gasteiger partial charge < -0.3 is 4.90 Å². The SMILES string of the molecule is CN(C)C.[Sn][c]1cccnc1. The monoisotopic (exact) mass is 257 g/mol. The van der Waals surface area contributed by atoms with Gasteiger partial charge in [0.1, 0.15) is 0 Å². The second kappa shape index (κ2) is 6.61. The number of hydrogen-bond acceptors (Lipinski definition) is 2. The summed E-state index contributed by atoms with van der Waals surface area (Å²) in [7, 11) is 6.00. The van der Waals surface area contributed by atoms with E-state index >= 15 is 0 Å². The van der Waals surface area contributed by atoms with Crippen molar-refractivity contribution < 1.29 is 0 Å². The number of nitrogens with zero attached hydrogens (tertiary/aromatic N) is 2. The van der Waals surface area contributed by atoms with Crippen molar-refractivity contribution in [3.8, 4) is 0 Å². The number of pyridine rings is 1. The molecule has 59 valence electrons. The van der Waals surface area contributed by atoms with Crippen molar-refractivity contribution in [3.05, 3.63) is 24.5 Å². The van der Waals surface area contributed by atoms with Crippen LogP contribution in [-0.2, 0) is 0 Å². The molecule has 0 aromatic carbocycles. The van der Waals surface area contributed by atoms with Crippen LogP contribution >= 0.6 is 0 Å². The zero-order chi connectivity index (χ0) is 8.69. The van der Waals surface area contributed by atoms with Crippen molar-refractivity contribution in [3.63, 3.8) is 0 Å². The van der Waals surface area contributed by atoms with Crippen LogP contribution in [0.15, 0.2) is 24.5 Å². The number of aromatic nitrogens is 1. The fourth-order valence-electron chi connectivity index (χ4n) is 0.363. The van der Waals surface area contributed by atoms with E-state index in [9.17, 15) is 0 Å². The summed E-state index contributed by atoms with van der Waals surface area (Å²) in [5, 5.41) is 0. The molecule has 11 heavy (non-hydrogen) atoms. The zero-order valence-electron chi connectivity index (χ0n) is 7.20. The Morgan fingerprint density at radius 1 is 1.36 bits per heavy atom. The van der Waals surface area contributed by atoms with Crippen molar-refractivity contribution in [1.82, 2.24) is 9.88 Å². The van der Waals surface area contributed by atoms with E-state index in [0.717, 1.165) is 0 Å². The molecule has 0 bridgehead atoms. The molecule has 0 fully saturated rings. The predicted molar refractivity (Wildman–Crippen MR) is 49.2 cm³/mol. The van der Waals surface area contributed by atoms with E-state index in [-0.39, 0.29) is 0 Å². The Kier molecular flexibility index (Phi) is 6.55. The molecule has 0 spiro atoms. The Morgan fingerprint density at radius 3 is 2.09 bits per heavy atom. The Morgan fingerprint density at radius 2 is 1.91 bits per heavy atom. The number of hydrogen-bond donors (Lipinski definition) is 0. The van der Waals surface area contributed by atoms with Gasteiger partial charge in [0, 0.05) is 0 Å². The standard InChI is InChI=1S/C5H4N.C3H9N.Sn/c1-2-4-6-5-3-1;1-4(2)3;/h1-2,4-5H;1-3H3;. The van der Waals surface area contributed by atoms with E-state index in [4.69, 9.17) is 0 Å². The Labute approximate surface area is 81.7 Å². The van der Waals surface area contributed by atoms with Gasteiger partial charge in [-0.25, -0.2) is 0 Å². The molecule has 0 unspecified atom stereocenters. The molecule has 3 heteroatoms. The molecular weight excluding hydrogens is 243 g/mol. The summed E-state index contributed by atoms with van der Waals surface area (Å²) >= 11 is 1.43. The molecule has 1 rings (SSSR count). The molecule has 0 aliphatic heterocycles. The van der Waals surface area contributed by atoms with E-state index in [2.05, 4.69) is 11.1 Å². The number of rotatable bonds is 0. The van der Waals surface area contributed by atoms with E-state index in [1.54, 1.807) is 6.20 Å². The summed E-state index contributed by atoms with van der Waals surface area (Å²) < 4.78 is 1.30. The van der Waals surface area contributed by atoms with Crippen LogP contribution in [-0.4, -0.2) is 53.6 Å². The first kappa shape index (κ1) is 10.9. The average molecular weight is 256 g/mol. The fourth-order valence-corrected chi connectivity index (χ4v) is 0.850. The van der Waals surface area contributed by atoms with Gasteiger partial charge >= 0.3 is 55.6 Å². The van der Waals surface area contributed by atoms with Crippen LogP contribution in [0.2, 0.25) is 0 Å². The summed E-state index contributed by atoms with van der Waals surface area (Å²) in [5.74, 6) is 0. The van der Waals surface area contributed by atoms with Crippen LogP contribution in [0.4, 0.5) is 0 Å². The molecule has 2 nitrogen and oxygen atoms in total. The third-order valence-electron chi connectivity index (χ3n) is 0.662. The first-order valence-electron chi connectivity index (χ1n) is 3.35. The molecule has 0 saturated carbocycles. The third kappa shape index (κ3) is 9.91. The molecule has 1 heterocycles. The van der Waals surface area contributed by atoms with Crippen LogP contribution < -0.4 is 3.58 Å². The van der Waals surface area contributed by atoms with Gasteiger partial charge in [-0.1, -0.05) is 0 Å². The minimum absolute atomic E-state index is 1.30. The topological polar surface area (TPSA) is 16.1 Å². The molecule has 0 atom stereocenters. The molecule has 1 aromatic heterocycles. The summed E-state index contributed by atoms with van der Waals surface area (Å²) in [6, 6.07) is 4.01. The van der Waals surface area contributed by atoms with Gasteiger partial charge in [-0.3, -0.25) is 0 Å². The molecule has 3 radical (unpaired) electrons. The van der Waals surface area contributed by atoms with Crippen LogP contribution in [0.3, 0.4) is 0 Å². The summed E-state index contributed by atoms with van der Waals surface area (Å²) in [6.45, 7) is 0. The van der Waals surface area contributed by atoms with Gasteiger partial charge in [0.05, 0.1) is 0 Å². The van der Waals surface area contributed by atoms with Crippen molar-refractivity contribution in [1.29, 1.82) is 0 Å². The Bertz CT molecular complexity index is 172. The summed E-state index contributed by atoms with van der Waals surface area (Å²) in [4.78, 5) is 5.91. The summed E-state index contributed by atoms with van der Waals surface area (Å²) in [5.41, 5.74) is 0. The quantitative estimate of drug-likeness (QED) is 0.610. The van der Waals surface area contributed by atoms with Gasteiger partial charge in [0.15, 0.2) is 0 Å². The van der Waals surface area contributed by atoms with E-state index < -0.39 is 0 Å². The fraction of sp³-hybridized carbons (Fsp3) is 0.375. The van der Waals surface area contributed by atoms with Crippen LogP contribution in [0.25, 0.3) is 0 Å². The second-order valence-corrected chi connectivity index (χ2v) is 4.23. The van der Waals surface area contributed by atoms with Crippen molar-refractivity contribution in [2.75, 3.05) is 21.1 Å². The molecule has 0 amide bonds. The molecule has 0 aliphatic rings. The van der Waals surface area contributed by atoms with Gasteiger partial charge in [0.25, 0.3) is 0 Å². The van der Waals surface area contributed by atoms with Crippen molar-refractivity contribution in [2.24, 2.45) is 0 Å². The van der Waals surface area contributed by atoms with E-state index in [1.807, 2.05) is 38.3 Å². The van der Waals surface area contributed by atoms with E-state index in [1.165, 1.54) is 26.1 Å². The average Bonchev–Trinajstić information content (AvgIpc) is 1.87. The normalized spacial score (nSPS) is 8.82. The van der Waals surface area contributed by atoms with Crippen molar-refractivity contribution >= 4 is 26.1 Å². The van der Waals surface area contributed by atoms with Gasteiger partial charge in [-0.15, -0.1) is 0 Å². The van der Waals surface area contributed by atoms with Crippen LogP contribution in [0, 0.1) is 0 Å². The maximum atomic E-state index is 3.91. The van der Waals surface area contributed by atoms with Crippen LogP contribution in [0.5, 0.6) is 0 Å². The maximum absolute atomic E-state index is 3.91. The second-order valence-electron chi connectivity index (χ2n) is 2.58. The molecule has 0 N–H and O–H groups in total. The minimum atomic E-state index is 1.30. The zero-order valence-corrected chi connectivity index (χ0v) is 10.1. The molecule has 0 aliphatic carbocycles. The predicted octanol–water partition coefficient (Wildman–Crippen LogP) is 0.0532. The molecular formula is C8H13N2Sn. The molecule has 0 saturated heterocycles. The van der Waals surface area contributed by atoms with Gasteiger partial charge in [0.2, 0.25) is 0 Å². The third-order valence-corrected chi connectivity index (χ3v) is 1.51. The first-order chi connectivity index (χ1) is 5.13. The van der Waals surface area contributed by atoms with E-state index in [0.29, 0.717) is 0 Å². The molecule has 1 aromatic rings. The Hall–Kier alpha value is -0.0913. The van der Waals surface area contributed by atoms with Crippen molar-refractivity contribution in [2.45, 2.75) is 0 Å². The van der Waals surface area contributed by atoms with Gasteiger partial charge in [-0.05, 0) is 21.1 Å². The Balaban J connectivity index is 0.000000218. The van der Waals surface area contributed by atoms with Crippen LogP contribution in [0.1, 0.15) is 0 Å². The summed E-state index contributed by atoms with van der Waals surface area (Å²) in [6.07, 6.45) is 3.66. The first-order valence-corrected chi connectivity index (χ1v) is 4.78.